The lowest BCUT2D eigenvalue weighted by atomic mass is 10.1. The summed E-state index contributed by atoms with van der Waals surface area (Å²) in [7, 11) is 0. The number of alkyl halides is 3. The number of benzene rings is 1. The molecule has 0 aliphatic rings. The van der Waals surface area contributed by atoms with E-state index in [2.05, 4.69) is 10.3 Å². The van der Waals surface area contributed by atoms with Gasteiger partial charge in [-0.3, -0.25) is 9.78 Å². The first-order chi connectivity index (χ1) is 9.97. The SMILES string of the molecule is O=C(NCCSCC(F)(F)F)c1cccc2cccnc12. The molecule has 7 heteroatoms. The van der Waals surface area contributed by atoms with Crippen LogP contribution < -0.4 is 5.32 Å². The Morgan fingerprint density at radius 2 is 2.00 bits per heavy atom. The Morgan fingerprint density at radius 3 is 2.76 bits per heavy atom. The zero-order valence-electron chi connectivity index (χ0n) is 11.0. The molecule has 1 amide bonds. The van der Waals surface area contributed by atoms with E-state index in [1.165, 1.54) is 0 Å². The van der Waals surface area contributed by atoms with Crippen molar-refractivity contribution in [2.45, 2.75) is 6.18 Å². The van der Waals surface area contributed by atoms with Crippen LogP contribution in [0.15, 0.2) is 36.5 Å². The van der Waals surface area contributed by atoms with Gasteiger partial charge in [-0.15, -0.1) is 0 Å². The minimum absolute atomic E-state index is 0.183. The van der Waals surface area contributed by atoms with Gasteiger partial charge in [-0.25, -0.2) is 0 Å². The highest BCUT2D eigenvalue weighted by Gasteiger charge is 2.26. The second kappa shape index (κ2) is 6.80. The molecule has 0 radical (unpaired) electrons. The minimum Gasteiger partial charge on any atom is -0.351 e. The van der Waals surface area contributed by atoms with Crippen LogP contribution in [0.2, 0.25) is 0 Å². The molecule has 0 aliphatic carbocycles. The van der Waals surface area contributed by atoms with Crippen LogP contribution in [0.25, 0.3) is 10.9 Å². The maximum Gasteiger partial charge on any atom is 0.397 e. The van der Waals surface area contributed by atoms with Crippen LogP contribution >= 0.6 is 11.8 Å². The Morgan fingerprint density at radius 1 is 1.24 bits per heavy atom. The summed E-state index contributed by atoms with van der Waals surface area (Å²) < 4.78 is 35.9. The van der Waals surface area contributed by atoms with Crippen molar-refractivity contribution in [3.05, 3.63) is 42.1 Å². The highest BCUT2D eigenvalue weighted by molar-refractivity contribution is 7.99. The van der Waals surface area contributed by atoms with E-state index in [1.807, 2.05) is 12.1 Å². The Hall–Kier alpha value is -1.76. The maximum absolute atomic E-state index is 12.0. The number of amides is 1. The molecule has 2 rings (SSSR count). The molecule has 0 saturated carbocycles. The van der Waals surface area contributed by atoms with Crippen molar-refractivity contribution in [1.29, 1.82) is 0 Å². The van der Waals surface area contributed by atoms with Gasteiger partial charge in [-0.2, -0.15) is 24.9 Å². The number of nitrogens with zero attached hydrogens (tertiary/aromatic N) is 1. The number of halogens is 3. The molecule has 1 heterocycles. The number of carbonyl (C=O) groups excluding carboxylic acids is 1. The first kappa shape index (κ1) is 15.6. The number of fused-ring (bicyclic) bond motifs is 1. The van der Waals surface area contributed by atoms with Gasteiger partial charge in [-0.1, -0.05) is 18.2 Å². The van der Waals surface area contributed by atoms with Gasteiger partial charge in [0.25, 0.3) is 5.91 Å². The summed E-state index contributed by atoms with van der Waals surface area (Å²) in [4.78, 5) is 16.2. The Kier molecular flexibility index (Phi) is 5.06. The van der Waals surface area contributed by atoms with Crippen LogP contribution in [0.4, 0.5) is 13.2 Å². The minimum atomic E-state index is -4.17. The molecular weight excluding hydrogens is 301 g/mol. The van der Waals surface area contributed by atoms with Crippen molar-refractivity contribution in [3.63, 3.8) is 0 Å². The fraction of sp³-hybridized carbons (Fsp3) is 0.286. The number of hydrogen-bond donors (Lipinski definition) is 1. The molecule has 1 aromatic carbocycles. The van der Waals surface area contributed by atoms with E-state index >= 15 is 0 Å². The number of hydrogen-bond acceptors (Lipinski definition) is 3. The third-order valence-electron chi connectivity index (χ3n) is 2.68. The fourth-order valence-electron chi connectivity index (χ4n) is 1.81. The second-order valence-corrected chi connectivity index (χ2v) is 5.41. The van der Waals surface area contributed by atoms with Gasteiger partial charge < -0.3 is 5.32 Å². The third-order valence-corrected chi connectivity index (χ3v) is 3.70. The highest BCUT2D eigenvalue weighted by Crippen LogP contribution is 2.20. The molecule has 0 fully saturated rings. The summed E-state index contributed by atoms with van der Waals surface area (Å²) >= 11 is 0.746. The van der Waals surface area contributed by atoms with E-state index < -0.39 is 11.9 Å². The number of rotatable bonds is 5. The lowest BCUT2D eigenvalue weighted by molar-refractivity contribution is -0.105. The summed E-state index contributed by atoms with van der Waals surface area (Å²) in [6.45, 7) is 0.183. The van der Waals surface area contributed by atoms with Crippen LogP contribution in [0, 0.1) is 0 Å². The van der Waals surface area contributed by atoms with Crippen molar-refractivity contribution in [3.8, 4) is 0 Å². The average Bonchev–Trinajstić information content (AvgIpc) is 2.45. The number of nitrogens with one attached hydrogen (secondary N) is 1. The van der Waals surface area contributed by atoms with Gasteiger partial charge in [-0.05, 0) is 12.1 Å². The van der Waals surface area contributed by atoms with E-state index in [0.717, 1.165) is 17.1 Å². The van der Waals surface area contributed by atoms with Crippen molar-refractivity contribution in [2.75, 3.05) is 18.1 Å². The molecule has 1 aromatic heterocycles. The summed E-state index contributed by atoms with van der Waals surface area (Å²) in [5.74, 6) is -1.02. The quantitative estimate of drug-likeness (QED) is 0.861. The maximum atomic E-state index is 12.0. The van der Waals surface area contributed by atoms with Crippen molar-refractivity contribution < 1.29 is 18.0 Å². The lowest BCUT2D eigenvalue weighted by Gasteiger charge is -2.08. The molecule has 21 heavy (non-hydrogen) atoms. The standard InChI is InChI=1S/C14H13F3N2OS/c15-14(16,17)9-21-8-7-19-13(20)11-5-1-3-10-4-2-6-18-12(10)11/h1-6H,7-9H2,(H,19,20). The summed E-state index contributed by atoms with van der Waals surface area (Å²) in [6, 6.07) is 8.86. The van der Waals surface area contributed by atoms with Gasteiger partial charge >= 0.3 is 6.18 Å². The predicted octanol–water partition coefficient (Wildman–Crippen LogP) is 3.26. The van der Waals surface area contributed by atoms with E-state index in [1.54, 1.807) is 24.4 Å². The van der Waals surface area contributed by atoms with Crippen molar-refractivity contribution >= 4 is 28.6 Å². The summed E-state index contributed by atoms with van der Waals surface area (Å²) in [5.41, 5.74) is 1.01. The number of pyridine rings is 1. The molecule has 2 aromatic rings. The Bertz CT molecular complexity index is 626. The normalized spacial score (nSPS) is 11.6. The van der Waals surface area contributed by atoms with Gasteiger partial charge in [0.1, 0.15) is 0 Å². The summed E-state index contributed by atoms with van der Waals surface area (Å²) in [5, 5.41) is 3.45. The number of thioether (sulfide) groups is 1. The topological polar surface area (TPSA) is 42.0 Å². The Balaban J connectivity index is 1.91. The van der Waals surface area contributed by atoms with Gasteiger partial charge in [0, 0.05) is 23.9 Å². The largest absolute Gasteiger partial charge is 0.397 e. The predicted molar refractivity (Wildman–Crippen MR) is 77.5 cm³/mol. The smallest absolute Gasteiger partial charge is 0.351 e. The summed E-state index contributed by atoms with van der Waals surface area (Å²) in [6.07, 6.45) is -2.58. The first-order valence-corrected chi connectivity index (χ1v) is 7.39. The van der Waals surface area contributed by atoms with E-state index in [0.29, 0.717) is 11.1 Å². The number of carbonyl (C=O) groups is 1. The molecule has 112 valence electrons. The van der Waals surface area contributed by atoms with Gasteiger partial charge in [0.05, 0.1) is 16.8 Å². The van der Waals surface area contributed by atoms with Crippen LogP contribution in [0.5, 0.6) is 0 Å². The monoisotopic (exact) mass is 314 g/mol. The molecule has 0 atom stereocenters. The van der Waals surface area contributed by atoms with Crippen LogP contribution in [-0.2, 0) is 0 Å². The molecular formula is C14H13F3N2OS. The van der Waals surface area contributed by atoms with Crippen LogP contribution in [0.1, 0.15) is 10.4 Å². The molecule has 0 unspecified atom stereocenters. The Labute approximate surface area is 123 Å². The number of para-hydroxylation sites is 1. The van der Waals surface area contributed by atoms with Gasteiger partial charge in [0.2, 0.25) is 0 Å². The molecule has 0 bridgehead atoms. The van der Waals surface area contributed by atoms with E-state index in [9.17, 15) is 18.0 Å². The van der Waals surface area contributed by atoms with E-state index in [4.69, 9.17) is 0 Å². The van der Waals surface area contributed by atoms with Crippen molar-refractivity contribution in [1.82, 2.24) is 10.3 Å². The number of aromatic nitrogens is 1. The molecule has 0 saturated heterocycles. The molecule has 3 nitrogen and oxygen atoms in total. The second-order valence-electron chi connectivity index (χ2n) is 4.30. The van der Waals surface area contributed by atoms with Gasteiger partial charge in [0.15, 0.2) is 0 Å². The van der Waals surface area contributed by atoms with Crippen molar-refractivity contribution in [2.24, 2.45) is 0 Å². The average molecular weight is 314 g/mol. The lowest BCUT2D eigenvalue weighted by Crippen LogP contribution is -2.26. The molecule has 0 aliphatic heterocycles. The highest BCUT2D eigenvalue weighted by atomic mass is 32.2. The fourth-order valence-corrected chi connectivity index (χ4v) is 2.43. The zero-order chi connectivity index (χ0) is 15.3. The van der Waals surface area contributed by atoms with E-state index in [-0.39, 0.29) is 18.2 Å². The first-order valence-electron chi connectivity index (χ1n) is 6.24. The molecule has 0 spiro atoms. The zero-order valence-corrected chi connectivity index (χ0v) is 11.8. The third kappa shape index (κ3) is 4.63. The van der Waals surface area contributed by atoms with Crippen LogP contribution in [-0.4, -0.2) is 35.1 Å². The van der Waals surface area contributed by atoms with Crippen LogP contribution in [0.3, 0.4) is 0 Å². The molecule has 1 N–H and O–H groups in total.